The van der Waals surface area contributed by atoms with Crippen molar-refractivity contribution in [1.82, 2.24) is 10.2 Å². The Bertz CT molecular complexity index is 1210. The Balaban J connectivity index is 1.49. The van der Waals surface area contributed by atoms with E-state index in [1.54, 1.807) is 25.1 Å². The maximum Gasteiger partial charge on any atom is 0.262 e. The maximum atomic E-state index is 12.9. The predicted octanol–water partition coefficient (Wildman–Crippen LogP) is 5.30. The van der Waals surface area contributed by atoms with Crippen LogP contribution in [0, 0.1) is 6.92 Å². The fourth-order valence-corrected chi connectivity index (χ4v) is 5.57. The summed E-state index contributed by atoms with van der Waals surface area (Å²) in [7, 11) is -2.33. The number of rotatable bonds is 6. The van der Waals surface area contributed by atoms with Crippen molar-refractivity contribution in [3.63, 3.8) is 0 Å². The van der Waals surface area contributed by atoms with Gasteiger partial charge in [-0.2, -0.15) is 0 Å². The number of aromatic nitrogens is 2. The van der Waals surface area contributed by atoms with E-state index in [1.165, 1.54) is 38.9 Å². The molecule has 0 spiro atoms. The molecule has 0 unspecified atom stereocenters. The largest absolute Gasteiger partial charge is 0.495 e. The van der Waals surface area contributed by atoms with Crippen molar-refractivity contribution in [3.05, 3.63) is 59.1 Å². The van der Waals surface area contributed by atoms with Crippen LogP contribution in [-0.2, 0) is 10.0 Å². The highest BCUT2D eigenvalue weighted by atomic mass is 35.5. The molecule has 1 saturated heterocycles. The summed E-state index contributed by atoms with van der Waals surface area (Å²) in [4.78, 5) is 2.39. The molecule has 174 valence electrons. The van der Waals surface area contributed by atoms with Crippen molar-refractivity contribution in [1.29, 1.82) is 0 Å². The third-order valence-corrected chi connectivity index (χ3v) is 7.57. The van der Waals surface area contributed by atoms with Crippen molar-refractivity contribution in [2.24, 2.45) is 0 Å². The van der Waals surface area contributed by atoms with Crippen LogP contribution in [0.4, 0.5) is 11.5 Å². The van der Waals surface area contributed by atoms with E-state index in [4.69, 9.17) is 16.3 Å². The molecule has 0 saturated carbocycles. The molecule has 0 radical (unpaired) electrons. The van der Waals surface area contributed by atoms with E-state index in [0.29, 0.717) is 17.0 Å². The van der Waals surface area contributed by atoms with E-state index < -0.39 is 10.0 Å². The molecule has 4 rings (SSSR count). The lowest BCUT2D eigenvalue weighted by Gasteiger charge is -2.20. The van der Waals surface area contributed by atoms with Gasteiger partial charge in [-0.05, 0) is 61.7 Å². The molecule has 1 aliphatic rings. The van der Waals surface area contributed by atoms with Crippen molar-refractivity contribution in [2.45, 2.75) is 37.5 Å². The minimum absolute atomic E-state index is 0.104. The summed E-state index contributed by atoms with van der Waals surface area (Å²) < 4.78 is 33.6. The van der Waals surface area contributed by atoms with Gasteiger partial charge < -0.3 is 9.64 Å². The van der Waals surface area contributed by atoms with Crippen LogP contribution < -0.4 is 14.4 Å². The second-order valence-electron chi connectivity index (χ2n) is 8.11. The van der Waals surface area contributed by atoms with E-state index in [1.807, 2.05) is 24.3 Å². The number of sulfonamides is 1. The zero-order chi connectivity index (χ0) is 23.4. The van der Waals surface area contributed by atoms with Crippen LogP contribution in [0.1, 0.15) is 31.2 Å². The summed E-state index contributed by atoms with van der Waals surface area (Å²) in [6.45, 7) is 3.73. The SMILES string of the molecule is COc1cc(C)c(S(=O)(=O)Nc2ccc(-c3ccc(N4CCCCCC4)nn3)cc2)cc1Cl. The lowest BCUT2D eigenvalue weighted by molar-refractivity contribution is 0.414. The number of halogens is 1. The van der Waals surface area contributed by atoms with E-state index >= 15 is 0 Å². The zero-order valence-corrected chi connectivity index (χ0v) is 20.3. The first-order valence-corrected chi connectivity index (χ1v) is 12.8. The van der Waals surface area contributed by atoms with Gasteiger partial charge >= 0.3 is 0 Å². The van der Waals surface area contributed by atoms with E-state index in [0.717, 1.165) is 30.2 Å². The second-order valence-corrected chi connectivity index (χ2v) is 10.2. The van der Waals surface area contributed by atoms with Gasteiger partial charge in [-0.25, -0.2) is 8.42 Å². The summed E-state index contributed by atoms with van der Waals surface area (Å²) in [5, 5.41) is 9.04. The van der Waals surface area contributed by atoms with Crippen LogP contribution in [0.5, 0.6) is 5.75 Å². The Hall–Kier alpha value is -2.84. The Morgan fingerprint density at radius 3 is 2.27 bits per heavy atom. The Kier molecular flexibility index (Phi) is 7.05. The van der Waals surface area contributed by atoms with Gasteiger partial charge in [0.05, 0.1) is 22.7 Å². The molecular weight excluding hydrogens is 460 g/mol. The summed E-state index contributed by atoms with van der Waals surface area (Å²) in [5.74, 6) is 1.33. The van der Waals surface area contributed by atoms with Gasteiger partial charge in [0, 0.05) is 24.3 Å². The van der Waals surface area contributed by atoms with Crippen LogP contribution in [0.25, 0.3) is 11.3 Å². The first-order chi connectivity index (χ1) is 15.9. The van der Waals surface area contributed by atoms with Crippen LogP contribution in [0.15, 0.2) is 53.4 Å². The summed E-state index contributed by atoms with van der Waals surface area (Å²) in [6, 6.07) is 14.0. The highest BCUT2D eigenvalue weighted by Crippen LogP contribution is 2.31. The average molecular weight is 487 g/mol. The third kappa shape index (κ3) is 5.39. The van der Waals surface area contributed by atoms with Gasteiger partial charge in [0.25, 0.3) is 10.0 Å². The van der Waals surface area contributed by atoms with Crippen LogP contribution in [0.2, 0.25) is 5.02 Å². The minimum Gasteiger partial charge on any atom is -0.495 e. The molecule has 0 bridgehead atoms. The van der Waals surface area contributed by atoms with Gasteiger partial charge in [-0.1, -0.05) is 36.6 Å². The number of benzene rings is 2. The first kappa shape index (κ1) is 23.3. The van der Waals surface area contributed by atoms with Gasteiger partial charge in [0.15, 0.2) is 5.82 Å². The zero-order valence-electron chi connectivity index (χ0n) is 18.7. The monoisotopic (exact) mass is 486 g/mol. The predicted molar refractivity (Wildman–Crippen MR) is 132 cm³/mol. The topological polar surface area (TPSA) is 84.4 Å². The molecule has 33 heavy (non-hydrogen) atoms. The molecule has 1 N–H and O–H groups in total. The standard InChI is InChI=1S/C24H27ClN4O3S/c1-17-15-22(32-2)20(25)16-23(17)33(30,31)28-19-9-7-18(8-10-19)21-11-12-24(27-26-21)29-13-5-3-4-6-14-29/h7-12,15-16,28H,3-6,13-14H2,1-2H3. The lowest BCUT2D eigenvalue weighted by Crippen LogP contribution is -2.25. The normalized spacial score (nSPS) is 14.6. The molecule has 2 aromatic carbocycles. The number of nitrogens with one attached hydrogen (secondary N) is 1. The molecule has 7 nitrogen and oxygen atoms in total. The Morgan fingerprint density at radius 2 is 1.67 bits per heavy atom. The van der Waals surface area contributed by atoms with Crippen molar-refractivity contribution in [2.75, 3.05) is 29.8 Å². The minimum atomic E-state index is -3.81. The molecular formula is C24H27ClN4O3S. The molecule has 1 aromatic heterocycles. The molecule has 3 aromatic rings. The fraction of sp³-hybridized carbons (Fsp3) is 0.333. The molecule has 1 fully saturated rings. The number of anilines is 2. The number of aryl methyl sites for hydroxylation is 1. The second kappa shape index (κ2) is 9.97. The van der Waals surface area contributed by atoms with Crippen LogP contribution in [0.3, 0.4) is 0 Å². The molecule has 0 aliphatic carbocycles. The number of hydrogen-bond acceptors (Lipinski definition) is 6. The Morgan fingerprint density at radius 1 is 0.970 bits per heavy atom. The number of ether oxygens (including phenoxy) is 1. The third-order valence-electron chi connectivity index (χ3n) is 5.75. The van der Waals surface area contributed by atoms with Gasteiger partial charge in [0.1, 0.15) is 5.75 Å². The molecule has 0 atom stereocenters. The first-order valence-electron chi connectivity index (χ1n) is 10.9. The summed E-state index contributed by atoms with van der Waals surface area (Å²) >= 11 is 6.13. The highest BCUT2D eigenvalue weighted by Gasteiger charge is 2.20. The van der Waals surface area contributed by atoms with Gasteiger partial charge in [0.2, 0.25) is 0 Å². The average Bonchev–Trinajstić information content (AvgIpc) is 3.10. The van der Waals surface area contributed by atoms with Crippen LogP contribution >= 0.6 is 11.6 Å². The van der Waals surface area contributed by atoms with Crippen LogP contribution in [-0.4, -0.2) is 38.8 Å². The summed E-state index contributed by atoms with van der Waals surface area (Å²) in [6.07, 6.45) is 4.90. The lowest BCUT2D eigenvalue weighted by atomic mass is 10.1. The highest BCUT2D eigenvalue weighted by molar-refractivity contribution is 7.92. The van der Waals surface area contributed by atoms with Crippen molar-refractivity contribution < 1.29 is 13.2 Å². The quantitative estimate of drug-likeness (QED) is 0.509. The van der Waals surface area contributed by atoms with E-state index in [-0.39, 0.29) is 9.92 Å². The van der Waals surface area contributed by atoms with Crippen molar-refractivity contribution in [3.8, 4) is 17.0 Å². The molecule has 1 aliphatic heterocycles. The number of hydrogen-bond donors (Lipinski definition) is 1. The van der Waals surface area contributed by atoms with Gasteiger partial charge in [-0.3, -0.25) is 4.72 Å². The fourth-order valence-electron chi connectivity index (χ4n) is 3.95. The van der Waals surface area contributed by atoms with E-state index in [2.05, 4.69) is 19.8 Å². The Labute approximate surface area is 199 Å². The molecule has 9 heteroatoms. The smallest absolute Gasteiger partial charge is 0.262 e. The van der Waals surface area contributed by atoms with Crippen molar-refractivity contribution >= 4 is 33.1 Å². The number of nitrogens with zero attached hydrogens (tertiary/aromatic N) is 3. The van der Waals surface area contributed by atoms with Gasteiger partial charge in [-0.15, -0.1) is 10.2 Å². The molecule has 0 amide bonds. The summed E-state index contributed by atoms with van der Waals surface area (Å²) in [5.41, 5.74) is 2.58. The molecule has 2 heterocycles. The number of methoxy groups -OCH3 is 1. The van der Waals surface area contributed by atoms with E-state index in [9.17, 15) is 8.42 Å². The maximum absolute atomic E-state index is 12.9.